The Labute approximate surface area is 183 Å². The van der Waals surface area contributed by atoms with Gasteiger partial charge in [0, 0.05) is 18.7 Å². The molecule has 0 saturated carbocycles. The number of carbonyl (C=O) groups is 2. The van der Waals surface area contributed by atoms with E-state index in [0.29, 0.717) is 18.7 Å². The van der Waals surface area contributed by atoms with E-state index in [1.807, 2.05) is 84.9 Å². The summed E-state index contributed by atoms with van der Waals surface area (Å²) in [6, 6.07) is 26.3. The third-order valence-corrected chi connectivity index (χ3v) is 5.08. The predicted molar refractivity (Wildman–Crippen MR) is 125 cm³/mol. The minimum atomic E-state index is -0.673. The molecule has 1 unspecified atom stereocenters. The van der Waals surface area contributed by atoms with Gasteiger partial charge in [-0.1, -0.05) is 79.7 Å². The molecule has 3 N–H and O–H groups in total. The summed E-state index contributed by atoms with van der Waals surface area (Å²) in [5, 5.41) is 8.60. The molecule has 0 spiro atoms. The van der Waals surface area contributed by atoms with Crippen LogP contribution in [0.1, 0.15) is 23.6 Å². The van der Waals surface area contributed by atoms with Crippen molar-refractivity contribution < 1.29 is 9.59 Å². The van der Waals surface area contributed by atoms with Crippen LogP contribution in [0.15, 0.2) is 84.9 Å². The molecule has 0 heterocycles. The van der Waals surface area contributed by atoms with Gasteiger partial charge in [0.25, 0.3) is 0 Å². The summed E-state index contributed by atoms with van der Waals surface area (Å²) in [5.74, 6) is -0.198. The van der Waals surface area contributed by atoms with Crippen LogP contribution in [0, 0.1) is 0 Å². The number of hydrogen-bond donors (Lipinski definition) is 3. The highest BCUT2D eigenvalue weighted by Crippen LogP contribution is 2.10. The Kier molecular flexibility index (Phi) is 8.23. The van der Waals surface area contributed by atoms with Crippen molar-refractivity contribution in [3.8, 4) is 0 Å². The number of rotatable bonds is 9. The van der Waals surface area contributed by atoms with E-state index in [0.717, 1.165) is 24.0 Å². The second-order valence-electron chi connectivity index (χ2n) is 7.42. The molecular weight excluding hydrogens is 386 g/mol. The normalized spacial score (nSPS) is 11.4. The van der Waals surface area contributed by atoms with E-state index < -0.39 is 12.1 Å². The van der Waals surface area contributed by atoms with Crippen LogP contribution in [0.5, 0.6) is 0 Å². The highest BCUT2D eigenvalue weighted by atomic mass is 16.2. The lowest BCUT2D eigenvalue weighted by Crippen LogP contribution is -2.49. The first-order valence-corrected chi connectivity index (χ1v) is 10.7. The van der Waals surface area contributed by atoms with Crippen LogP contribution in [0.2, 0.25) is 0 Å². The zero-order valence-corrected chi connectivity index (χ0v) is 17.8. The van der Waals surface area contributed by atoms with E-state index in [1.54, 1.807) is 0 Å². The maximum absolute atomic E-state index is 12.9. The monoisotopic (exact) mass is 415 g/mol. The third-order valence-electron chi connectivity index (χ3n) is 5.08. The molecule has 0 saturated heterocycles. The van der Waals surface area contributed by atoms with Gasteiger partial charge >= 0.3 is 6.03 Å². The number of amides is 3. The van der Waals surface area contributed by atoms with Crippen LogP contribution in [0.25, 0.3) is 0 Å². The zero-order valence-electron chi connectivity index (χ0n) is 17.8. The molecule has 0 aliphatic carbocycles. The molecule has 5 nitrogen and oxygen atoms in total. The number of benzene rings is 3. The standard InChI is InChI=1S/C26H29N3O2/c1-2-20-13-15-23(16-14-20)28-26(31)29-24(19-22-11-7-4-8-12-22)25(30)27-18-17-21-9-5-3-6-10-21/h3-16,24H,2,17-19H2,1H3,(H,27,30)(H2,28,29,31). The minimum Gasteiger partial charge on any atom is -0.354 e. The summed E-state index contributed by atoms with van der Waals surface area (Å²) in [6.45, 7) is 2.59. The Bertz CT molecular complexity index is 957. The quantitative estimate of drug-likeness (QED) is 0.487. The highest BCUT2D eigenvalue weighted by Gasteiger charge is 2.21. The fraction of sp³-hybridized carbons (Fsp3) is 0.231. The lowest BCUT2D eigenvalue weighted by atomic mass is 10.1. The molecule has 3 rings (SSSR count). The van der Waals surface area contributed by atoms with Gasteiger partial charge < -0.3 is 16.0 Å². The van der Waals surface area contributed by atoms with Crippen molar-refractivity contribution in [2.24, 2.45) is 0 Å². The van der Waals surface area contributed by atoms with Crippen molar-refractivity contribution in [2.75, 3.05) is 11.9 Å². The molecule has 160 valence electrons. The minimum absolute atomic E-state index is 0.198. The summed E-state index contributed by atoms with van der Waals surface area (Å²) in [5.41, 5.74) is 4.03. The van der Waals surface area contributed by atoms with Crippen molar-refractivity contribution >= 4 is 17.6 Å². The van der Waals surface area contributed by atoms with Gasteiger partial charge in [-0.3, -0.25) is 4.79 Å². The third kappa shape index (κ3) is 7.30. The van der Waals surface area contributed by atoms with Crippen molar-refractivity contribution in [2.45, 2.75) is 32.2 Å². The van der Waals surface area contributed by atoms with E-state index in [4.69, 9.17) is 0 Å². The molecule has 0 bridgehead atoms. The van der Waals surface area contributed by atoms with E-state index in [1.165, 1.54) is 5.56 Å². The van der Waals surface area contributed by atoms with Crippen molar-refractivity contribution in [1.29, 1.82) is 0 Å². The van der Waals surface area contributed by atoms with Crippen LogP contribution in [0.3, 0.4) is 0 Å². The lowest BCUT2D eigenvalue weighted by molar-refractivity contribution is -0.122. The lowest BCUT2D eigenvalue weighted by Gasteiger charge is -2.19. The van der Waals surface area contributed by atoms with Crippen LogP contribution >= 0.6 is 0 Å². The summed E-state index contributed by atoms with van der Waals surface area (Å²) in [4.78, 5) is 25.4. The van der Waals surface area contributed by atoms with E-state index >= 15 is 0 Å². The Morgan fingerprint density at radius 3 is 2.00 bits per heavy atom. The number of carbonyl (C=O) groups excluding carboxylic acids is 2. The molecule has 1 atom stereocenters. The maximum Gasteiger partial charge on any atom is 0.319 e. The summed E-state index contributed by atoms with van der Waals surface area (Å²) in [7, 11) is 0. The molecule has 0 aromatic heterocycles. The van der Waals surface area contributed by atoms with Gasteiger partial charge in [-0.15, -0.1) is 0 Å². The van der Waals surface area contributed by atoms with Gasteiger partial charge in [-0.2, -0.15) is 0 Å². The van der Waals surface area contributed by atoms with Gasteiger partial charge in [0.05, 0.1) is 0 Å². The van der Waals surface area contributed by atoms with Crippen LogP contribution in [-0.2, 0) is 24.1 Å². The van der Waals surface area contributed by atoms with Crippen LogP contribution < -0.4 is 16.0 Å². The first kappa shape index (κ1) is 22.1. The maximum atomic E-state index is 12.9. The molecule has 0 aliphatic rings. The highest BCUT2D eigenvalue weighted by molar-refractivity contribution is 5.93. The van der Waals surface area contributed by atoms with Gasteiger partial charge in [0.2, 0.25) is 5.91 Å². The van der Waals surface area contributed by atoms with Gasteiger partial charge in [-0.25, -0.2) is 4.79 Å². The van der Waals surface area contributed by atoms with Crippen molar-refractivity contribution in [3.63, 3.8) is 0 Å². The van der Waals surface area contributed by atoms with E-state index in [2.05, 4.69) is 22.9 Å². The fourth-order valence-electron chi connectivity index (χ4n) is 3.31. The van der Waals surface area contributed by atoms with Crippen molar-refractivity contribution in [3.05, 3.63) is 102 Å². The Balaban J connectivity index is 1.60. The summed E-state index contributed by atoms with van der Waals surface area (Å²) >= 11 is 0. The summed E-state index contributed by atoms with van der Waals surface area (Å²) < 4.78 is 0. The molecule has 5 heteroatoms. The van der Waals surface area contributed by atoms with Crippen LogP contribution in [-0.4, -0.2) is 24.5 Å². The molecule has 3 amide bonds. The van der Waals surface area contributed by atoms with Gasteiger partial charge in [0.1, 0.15) is 6.04 Å². The first-order chi connectivity index (χ1) is 15.1. The largest absolute Gasteiger partial charge is 0.354 e. The molecular formula is C26H29N3O2. The topological polar surface area (TPSA) is 70.2 Å². The van der Waals surface area contributed by atoms with Crippen molar-refractivity contribution in [1.82, 2.24) is 10.6 Å². The summed E-state index contributed by atoms with van der Waals surface area (Å²) in [6.07, 6.45) is 2.09. The second-order valence-corrected chi connectivity index (χ2v) is 7.42. The van der Waals surface area contributed by atoms with Crippen LogP contribution in [0.4, 0.5) is 10.5 Å². The fourth-order valence-corrected chi connectivity index (χ4v) is 3.31. The Morgan fingerprint density at radius 2 is 1.39 bits per heavy atom. The predicted octanol–water partition coefficient (Wildman–Crippen LogP) is 4.34. The van der Waals surface area contributed by atoms with E-state index in [-0.39, 0.29) is 5.91 Å². The molecule has 31 heavy (non-hydrogen) atoms. The SMILES string of the molecule is CCc1ccc(NC(=O)NC(Cc2ccccc2)C(=O)NCCc2ccccc2)cc1. The second kappa shape index (κ2) is 11.6. The van der Waals surface area contributed by atoms with Gasteiger partial charge in [0.15, 0.2) is 0 Å². The molecule has 3 aromatic rings. The number of aryl methyl sites for hydroxylation is 1. The smallest absolute Gasteiger partial charge is 0.319 e. The Morgan fingerprint density at radius 1 is 0.774 bits per heavy atom. The number of hydrogen-bond acceptors (Lipinski definition) is 2. The average Bonchev–Trinajstić information content (AvgIpc) is 2.80. The molecule has 0 fully saturated rings. The number of anilines is 1. The van der Waals surface area contributed by atoms with E-state index in [9.17, 15) is 9.59 Å². The molecule has 3 aromatic carbocycles. The number of nitrogens with one attached hydrogen (secondary N) is 3. The van der Waals surface area contributed by atoms with Gasteiger partial charge in [-0.05, 0) is 41.7 Å². The molecule has 0 aliphatic heterocycles. The first-order valence-electron chi connectivity index (χ1n) is 10.7. The molecule has 0 radical (unpaired) electrons. The zero-order chi connectivity index (χ0) is 21.9. The average molecular weight is 416 g/mol. The number of urea groups is 1. The Hall–Kier alpha value is -3.60.